The summed E-state index contributed by atoms with van der Waals surface area (Å²) in [4.78, 5) is 0. The average Bonchev–Trinajstić information content (AvgIpc) is 3.12. The third-order valence-electron chi connectivity index (χ3n) is 9.76. The molecule has 0 aliphatic heterocycles. The van der Waals surface area contributed by atoms with Gasteiger partial charge in [0.15, 0.2) is 0 Å². The Morgan fingerprint density at radius 3 is 2.11 bits per heavy atom. The molecule has 4 aliphatic rings. The first-order chi connectivity index (χ1) is 13.1. The standard InChI is InChI=1S/C25H44S2/c1-16(2)18(15-26)8-14-25(27)24-13-12-22-21-9-7-17-5-3-4-6-19(17)20(21)10-11-23(22)24/h16-27H,3-15H2,1-2H3. The van der Waals surface area contributed by atoms with E-state index in [-0.39, 0.29) is 0 Å². The first-order valence-electron chi connectivity index (χ1n) is 12.4. The van der Waals surface area contributed by atoms with Crippen LogP contribution in [0.5, 0.6) is 0 Å². The summed E-state index contributed by atoms with van der Waals surface area (Å²) in [5.74, 6) is 10.0. The van der Waals surface area contributed by atoms with E-state index >= 15 is 0 Å². The number of hydrogen-bond donors (Lipinski definition) is 2. The molecule has 4 fully saturated rings. The van der Waals surface area contributed by atoms with E-state index in [4.69, 9.17) is 12.6 Å². The number of rotatable bonds is 6. The van der Waals surface area contributed by atoms with Gasteiger partial charge in [0.05, 0.1) is 0 Å². The van der Waals surface area contributed by atoms with Gasteiger partial charge >= 0.3 is 0 Å². The molecule has 0 bridgehead atoms. The third kappa shape index (κ3) is 4.28. The Kier molecular flexibility index (Phi) is 7.17. The number of hydrogen-bond acceptors (Lipinski definition) is 2. The van der Waals surface area contributed by atoms with E-state index in [1.807, 2.05) is 0 Å². The summed E-state index contributed by atoms with van der Waals surface area (Å²) < 4.78 is 0. The van der Waals surface area contributed by atoms with E-state index in [0.29, 0.717) is 5.25 Å². The maximum absolute atomic E-state index is 5.19. The van der Waals surface area contributed by atoms with Crippen LogP contribution in [0.15, 0.2) is 0 Å². The van der Waals surface area contributed by atoms with Crippen LogP contribution in [0.25, 0.3) is 0 Å². The van der Waals surface area contributed by atoms with Gasteiger partial charge in [-0.25, -0.2) is 0 Å². The molecule has 0 saturated heterocycles. The zero-order chi connectivity index (χ0) is 19.0. The second-order valence-electron chi connectivity index (χ2n) is 11.1. The summed E-state index contributed by atoms with van der Waals surface area (Å²) in [6, 6.07) is 0. The SMILES string of the molecule is CC(C)C(CS)CCC(S)C1CCC2C1CCC1C3CCCCC3CCC12. The lowest BCUT2D eigenvalue weighted by Gasteiger charge is -2.52. The molecule has 4 rings (SSSR count). The van der Waals surface area contributed by atoms with Crippen LogP contribution < -0.4 is 0 Å². The first-order valence-corrected chi connectivity index (χ1v) is 13.5. The van der Waals surface area contributed by atoms with Crippen molar-refractivity contribution in [2.75, 3.05) is 5.75 Å². The molecular weight excluding hydrogens is 364 g/mol. The number of fused-ring (bicyclic) bond motifs is 5. The Balaban J connectivity index is 1.36. The van der Waals surface area contributed by atoms with Crippen LogP contribution in [0, 0.1) is 53.3 Å². The largest absolute Gasteiger partial charge is 0.179 e. The predicted octanol–water partition coefficient (Wildman–Crippen LogP) is 7.54. The van der Waals surface area contributed by atoms with Crippen LogP contribution >= 0.6 is 25.3 Å². The highest BCUT2D eigenvalue weighted by Crippen LogP contribution is 2.60. The van der Waals surface area contributed by atoms with Crippen molar-refractivity contribution in [1.29, 1.82) is 0 Å². The van der Waals surface area contributed by atoms with Gasteiger partial charge in [0.1, 0.15) is 0 Å². The highest BCUT2D eigenvalue weighted by atomic mass is 32.1. The number of thiol groups is 2. The van der Waals surface area contributed by atoms with Gasteiger partial charge in [0.2, 0.25) is 0 Å². The molecule has 0 amide bonds. The second-order valence-corrected chi connectivity index (χ2v) is 12.1. The molecule has 0 N–H and O–H groups in total. The van der Waals surface area contributed by atoms with Crippen molar-refractivity contribution in [1.82, 2.24) is 0 Å². The third-order valence-corrected chi connectivity index (χ3v) is 10.9. The van der Waals surface area contributed by atoms with E-state index in [9.17, 15) is 0 Å². The lowest BCUT2D eigenvalue weighted by molar-refractivity contribution is -0.0247. The molecule has 0 radical (unpaired) electrons. The molecule has 156 valence electrons. The van der Waals surface area contributed by atoms with Gasteiger partial charge in [-0.3, -0.25) is 0 Å². The quantitative estimate of drug-likeness (QED) is 0.417. The van der Waals surface area contributed by atoms with Gasteiger partial charge < -0.3 is 0 Å². The normalized spacial score (nSPS) is 43.7. The molecule has 0 heterocycles. The molecule has 4 saturated carbocycles. The van der Waals surface area contributed by atoms with Crippen molar-refractivity contribution in [2.24, 2.45) is 53.3 Å². The molecule has 0 aromatic heterocycles. The zero-order valence-corrected chi connectivity index (χ0v) is 19.6. The molecular formula is C25H44S2. The monoisotopic (exact) mass is 408 g/mol. The van der Waals surface area contributed by atoms with Crippen molar-refractivity contribution in [3.63, 3.8) is 0 Å². The van der Waals surface area contributed by atoms with Gasteiger partial charge in [-0.2, -0.15) is 25.3 Å². The topological polar surface area (TPSA) is 0 Å². The molecule has 0 spiro atoms. The summed E-state index contributed by atoms with van der Waals surface area (Å²) in [7, 11) is 0. The Hall–Kier alpha value is 0.700. The summed E-state index contributed by atoms with van der Waals surface area (Å²) in [5, 5.41) is 0.642. The van der Waals surface area contributed by atoms with E-state index in [1.165, 1.54) is 44.9 Å². The maximum atomic E-state index is 5.19. The lowest BCUT2D eigenvalue weighted by atomic mass is 9.53. The highest BCUT2D eigenvalue weighted by Gasteiger charge is 2.51. The Bertz CT molecular complexity index is 475. The van der Waals surface area contributed by atoms with Gasteiger partial charge in [-0.1, -0.05) is 33.1 Å². The van der Waals surface area contributed by atoms with Crippen LogP contribution in [-0.4, -0.2) is 11.0 Å². The maximum Gasteiger partial charge on any atom is 0.00479 e. The molecule has 9 unspecified atom stereocenters. The molecule has 4 aliphatic carbocycles. The molecule has 0 nitrogen and oxygen atoms in total. The summed E-state index contributed by atoms with van der Waals surface area (Å²) in [5.41, 5.74) is 0. The van der Waals surface area contributed by atoms with E-state index in [0.717, 1.165) is 59.0 Å². The Morgan fingerprint density at radius 1 is 0.704 bits per heavy atom. The summed E-state index contributed by atoms with van der Waals surface area (Å²) in [6.45, 7) is 4.73. The van der Waals surface area contributed by atoms with Gasteiger partial charge in [0, 0.05) is 5.25 Å². The van der Waals surface area contributed by atoms with Crippen molar-refractivity contribution >= 4 is 25.3 Å². The fourth-order valence-corrected chi connectivity index (χ4v) is 9.37. The lowest BCUT2D eigenvalue weighted by Crippen LogP contribution is -2.44. The summed E-state index contributed by atoms with van der Waals surface area (Å²) in [6.07, 6.45) is 18.1. The molecule has 27 heavy (non-hydrogen) atoms. The van der Waals surface area contributed by atoms with Crippen LogP contribution in [0.1, 0.15) is 90.9 Å². The summed E-state index contributed by atoms with van der Waals surface area (Å²) >= 11 is 9.80. The predicted molar refractivity (Wildman–Crippen MR) is 125 cm³/mol. The van der Waals surface area contributed by atoms with Gasteiger partial charge in [-0.05, 0) is 117 Å². The van der Waals surface area contributed by atoms with Gasteiger partial charge in [0.25, 0.3) is 0 Å². The van der Waals surface area contributed by atoms with Crippen molar-refractivity contribution in [2.45, 2.75) is 96.1 Å². The molecule has 0 aromatic rings. The average molecular weight is 409 g/mol. The van der Waals surface area contributed by atoms with Crippen LogP contribution in [0.2, 0.25) is 0 Å². The fraction of sp³-hybridized carbons (Fsp3) is 1.00. The zero-order valence-electron chi connectivity index (χ0n) is 17.9. The van der Waals surface area contributed by atoms with E-state index < -0.39 is 0 Å². The molecule has 2 heteroatoms. The Morgan fingerprint density at radius 2 is 1.33 bits per heavy atom. The van der Waals surface area contributed by atoms with Crippen LogP contribution in [0.3, 0.4) is 0 Å². The van der Waals surface area contributed by atoms with Crippen LogP contribution in [0.4, 0.5) is 0 Å². The smallest absolute Gasteiger partial charge is 0.00479 e. The molecule has 0 aromatic carbocycles. The van der Waals surface area contributed by atoms with Crippen molar-refractivity contribution in [3.8, 4) is 0 Å². The van der Waals surface area contributed by atoms with Gasteiger partial charge in [-0.15, -0.1) is 0 Å². The Labute approximate surface area is 180 Å². The second kappa shape index (κ2) is 9.23. The minimum absolute atomic E-state index is 0.642. The van der Waals surface area contributed by atoms with E-state index in [1.54, 1.807) is 32.1 Å². The van der Waals surface area contributed by atoms with Crippen molar-refractivity contribution < 1.29 is 0 Å². The fourth-order valence-electron chi connectivity index (χ4n) is 8.24. The molecule has 9 atom stereocenters. The first kappa shape index (κ1) is 21.0. The minimum Gasteiger partial charge on any atom is -0.179 e. The van der Waals surface area contributed by atoms with Crippen molar-refractivity contribution in [3.05, 3.63) is 0 Å². The van der Waals surface area contributed by atoms with E-state index in [2.05, 4.69) is 26.5 Å². The minimum atomic E-state index is 0.642. The van der Waals surface area contributed by atoms with Crippen LogP contribution in [-0.2, 0) is 0 Å². The highest BCUT2D eigenvalue weighted by molar-refractivity contribution is 7.81.